The number of carboxylic acid groups (broad SMARTS) is 1. The summed E-state index contributed by atoms with van der Waals surface area (Å²) >= 11 is 0. The van der Waals surface area contributed by atoms with Gasteiger partial charge >= 0.3 is 6.18 Å². The van der Waals surface area contributed by atoms with Crippen LogP contribution in [0, 0.1) is 11.7 Å². The van der Waals surface area contributed by atoms with Gasteiger partial charge in [-0.05, 0) is 47.5 Å². The Morgan fingerprint density at radius 3 is 2.24 bits per heavy atom. The fourth-order valence-corrected chi connectivity index (χ4v) is 5.08. The second kappa shape index (κ2) is 11.2. The molecule has 0 aromatic heterocycles. The summed E-state index contributed by atoms with van der Waals surface area (Å²) in [6, 6.07) is 20.1. The van der Waals surface area contributed by atoms with Gasteiger partial charge in [0.2, 0.25) is 0 Å². The quantitative estimate of drug-likeness (QED) is 0.233. The van der Waals surface area contributed by atoms with Crippen LogP contribution in [-0.2, 0) is 11.0 Å². The Hall–Kier alpha value is -4.86. The summed E-state index contributed by atoms with van der Waals surface area (Å²) in [6.07, 6.45) is -4.70. The molecule has 10 heteroatoms. The Kier molecular flexibility index (Phi) is 7.64. The van der Waals surface area contributed by atoms with Gasteiger partial charge in [0.05, 0.1) is 31.5 Å². The van der Waals surface area contributed by atoms with Crippen LogP contribution < -0.4 is 19.5 Å². The average Bonchev–Trinajstić information content (AvgIpc) is 2.99. The molecule has 1 aliphatic rings. The van der Waals surface area contributed by atoms with Crippen LogP contribution >= 0.6 is 0 Å². The largest absolute Gasteiger partial charge is 0.550 e. The van der Waals surface area contributed by atoms with Crippen molar-refractivity contribution in [3.05, 3.63) is 107 Å². The number of methoxy groups -OCH3 is 2. The second-order valence-electron chi connectivity index (χ2n) is 9.73. The van der Waals surface area contributed by atoms with Gasteiger partial charge in [0.25, 0.3) is 0 Å². The number of aliphatic imine (C=N–C) groups is 1. The molecule has 0 saturated carbocycles. The van der Waals surface area contributed by atoms with Crippen molar-refractivity contribution < 1.29 is 36.9 Å². The van der Waals surface area contributed by atoms with Crippen LogP contribution in [0.2, 0.25) is 0 Å². The van der Waals surface area contributed by atoms with Crippen LogP contribution in [0.25, 0.3) is 11.1 Å². The maximum Gasteiger partial charge on any atom is 0.416 e. The monoisotopic (exact) mass is 577 g/mol. The molecule has 0 bridgehead atoms. The van der Waals surface area contributed by atoms with E-state index in [2.05, 4.69) is 4.99 Å². The van der Waals surface area contributed by atoms with Crippen molar-refractivity contribution >= 4 is 23.2 Å². The lowest BCUT2D eigenvalue weighted by Crippen LogP contribution is -2.46. The number of hydrogen-bond acceptors (Lipinski definition) is 6. The minimum Gasteiger partial charge on any atom is -0.550 e. The van der Waals surface area contributed by atoms with E-state index in [4.69, 9.17) is 9.47 Å². The zero-order valence-corrected chi connectivity index (χ0v) is 22.8. The minimum absolute atomic E-state index is 0.0408. The van der Waals surface area contributed by atoms with Crippen molar-refractivity contribution in [2.24, 2.45) is 10.9 Å². The smallest absolute Gasteiger partial charge is 0.416 e. The van der Waals surface area contributed by atoms with Gasteiger partial charge in [-0.1, -0.05) is 55.5 Å². The number of carbonyl (C=O) groups excluding carboxylic acids is 1. The number of fused-ring (bicyclic) bond motifs is 1. The van der Waals surface area contributed by atoms with E-state index < -0.39 is 35.5 Å². The number of amidine groups is 1. The zero-order chi connectivity index (χ0) is 30.2. The zero-order valence-electron chi connectivity index (χ0n) is 22.8. The molecule has 2 unspecified atom stereocenters. The Balaban J connectivity index is 1.76. The first kappa shape index (κ1) is 28.7. The van der Waals surface area contributed by atoms with E-state index in [0.717, 1.165) is 29.3 Å². The first-order valence-corrected chi connectivity index (χ1v) is 12.9. The fourth-order valence-electron chi connectivity index (χ4n) is 5.08. The first-order valence-electron chi connectivity index (χ1n) is 12.9. The molecule has 5 rings (SSSR count). The van der Waals surface area contributed by atoms with E-state index in [1.165, 1.54) is 37.1 Å². The number of carbonyl (C=O) groups is 1. The Bertz CT molecular complexity index is 1670. The van der Waals surface area contributed by atoms with Crippen LogP contribution in [0.1, 0.15) is 29.7 Å². The van der Waals surface area contributed by atoms with E-state index in [0.29, 0.717) is 11.3 Å². The van der Waals surface area contributed by atoms with Gasteiger partial charge in [-0.2, -0.15) is 13.2 Å². The molecule has 0 amide bonds. The molecule has 0 radical (unpaired) electrons. The van der Waals surface area contributed by atoms with Gasteiger partial charge in [-0.15, -0.1) is 0 Å². The highest BCUT2D eigenvalue weighted by Gasteiger charge is 2.40. The predicted molar refractivity (Wildman–Crippen MR) is 148 cm³/mol. The summed E-state index contributed by atoms with van der Waals surface area (Å²) < 4.78 is 67.5. The number of nitrogens with zero attached hydrogens (tertiary/aromatic N) is 2. The topological polar surface area (TPSA) is 74.2 Å². The summed E-state index contributed by atoms with van der Waals surface area (Å²) in [5, 5.41) is 12.3. The number of para-hydroxylation sites is 1. The number of ether oxygens (including phenoxy) is 2. The lowest BCUT2D eigenvalue weighted by atomic mass is 9.88. The molecule has 0 fully saturated rings. The lowest BCUT2D eigenvalue weighted by molar-refractivity contribution is -0.311. The molecular formula is C32H25F4N2O4-. The molecule has 1 heterocycles. The number of halogens is 4. The highest BCUT2D eigenvalue weighted by Crippen LogP contribution is 2.47. The number of rotatable bonds is 7. The first-order chi connectivity index (χ1) is 20.0. The lowest BCUT2D eigenvalue weighted by Gasteiger charge is -2.42. The van der Waals surface area contributed by atoms with Crippen LogP contribution in [0.3, 0.4) is 0 Å². The minimum atomic E-state index is -4.70. The van der Waals surface area contributed by atoms with E-state index in [-0.39, 0.29) is 28.5 Å². The highest BCUT2D eigenvalue weighted by atomic mass is 19.4. The van der Waals surface area contributed by atoms with Gasteiger partial charge in [0.1, 0.15) is 28.8 Å². The normalized spacial score (nSPS) is 15.5. The van der Waals surface area contributed by atoms with Gasteiger partial charge in [-0.3, -0.25) is 0 Å². The van der Waals surface area contributed by atoms with E-state index >= 15 is 4.39 Å². The summed E-state index contributed by atoms with van der Waals surface area (Å²) in [5.41, 5.74) is 1.08. The molecule has 42 heavy (non-hydrogen) atoms. The van der Waals surface area contributed by atoms with Crippen molar-refractivity contribution in [2.75, 3.05) is 19.1 Å². The second-order valence-corrected chi connectivity index (χ2v) is 9.73. The third-order valence-electron chi connectivity index (χ3n) is 7.22. The standard InChI is InChI=1S/C32H26F4N2O4/c1-18(31(39)40)29-24-8-5-9-25(33)28(24)37-30(38(29)26-17-22(32(34,35)36)14-15-27(26)42-3)20-12-10-19(11-13-20)21-6-4-7-23(16-21)41-2/h4-18,29H,1-3H3,(H,39,40)/p-1. The molecule has 4 aromatic rings. The van der Waals surface area contributed by atoms with Crippen molar-refractivity contribution in [2.45, 2.75) is 19.1 Å². The molecule has 4 aromatic carbocycles. The van der Waals surface area contributed by atoms with Crippen LogP contribution in [0.4, 0.5) is 28.9 Å². The Labute approximate surface area is 239 Å². The number of carboxylic acids is 1. The maximum atomic E-state index is 15.2. The molecule has 216 valence electrons. The maximum absolute atomic E-state index is 15.2. The van der Waals surface area contributed by atoms with Crippen LogP contribution in [0.5, 0.6) is 11.5 Å². The fraction of sp³-hybridized carbons (Fsp3) is 0.188. The average molecular weight is 578 g/mol. The van der Waals surface area contributed by atoms with Crippen molar-refractivity contribution in [1.29, 1.82) is 0 Å². The molecule has 0 aliphatic carbocycles. The molecule has 1 aliphatic heterocycles. The van der Waals surface area contributed by atoms with Gasteiger partial charge in [0.15, 0.2) is 0 Å². The van der Waals surface area contributed by atoms with Crippen LogP contribution in [-0.4, -0.2) is 26.0 Å². The molecule has 0 spiro atoms. The summed E-state index contributed by atoms with van der Waals surface area (Å²) in [7, 11) is 2.85. The van der Waals surface area contributed by atoms with E-state index in [1.54, 1.807) is 37.4 Å². The van der Waals surface area contributed by atoms with Crippen molar-refractivity contribution in [1.82, 2.24) is 0 Å². The molecule has 0 N–H and O–H groups in total. The molecule has 2 atom stereocenters. The molecular weight excluding hydrogens is 552 g/mol. The number of alkyl halides is 3. The number of aliphatic carboxylic acids is 1. The molecule has 6 nitrogen and oxygen atoms in total. The SMILES string of the molecule is COc1cccc(-c2ccc(C3=Nc4c(F)cccc4C(C(C)C(=O)[O-])N3c3cc(C(F)(F)F)ccc3OC)cc2)c1. The van der Waals surface area contributed by atoms with Gasteiger partial charge < -0.3 is 24.3 Å². The van der Waals surface area contributed by atoms with Gasteiger partial charge in [-0.25, -0.2) is 9.38 Å². The molecule has 0 saturated heterocycles. The highest BCUT2D eigenvalue weighted by molar-refractivity contribution is 6.14. The predicted octanol–water partition coefficient (Wildman–Crippen LogP) is 6.55. The number of hydrogen-bond donors (Lipinski definition) is 0. The summed E-state index contributed by atoms with van der Waals surface area (Å²) in [6.45, 7) is 1.36. The van der Waals surface area contributed by atoms with Crippen LogP contribution in [0.15, 0.2) is 89.9 Å². The Morgan fingerprint density at radius 2 is 1.60 bits per heavy atom. The summed E-state index contributed by atoms with van der Waals surface area (Å²) in [4.78, 5) is 18.2. The summed E-state index contributed by atoms with van der Waals surface area (Å²) in [5.74, 6) is -2.74. The van der Waals surface area contributed by atoms with Gasteiger partial charge in [0, 0.05) is 23.0 Å². The van der Waals surface area contributed by atoms with E-state index in [1.807, 2.05) is 18.2 Å². The third kappa shape index (κ3) is 5.27. The number of anilines is 1. The van der Waals surface area contributed by atoms with E-state index in [9.17, 15) is 23.1 Å². The van der Waals surface area contributed by atoms with Crippen molar-refractivity contribution in [3.8, 4) is 22.6 Å². The Morgan fingerprint density at radius 1 is 0.905 bits per heavy atom. The number of benzene rings is 4. The third-order valence-corrected chi connectivity index (χ3v) is 7.22. The van der Waals surface area contributed by atoms with Crippen molar-refractivity contribution in [3.63, 3.8) is 0 Å².